The van der Waals surface area contributed by atoms with Crippen LogP contribution in [0.1, 0.15) is 42.5 Å². The summed E-state index contributed by atoms with van der Waals surface area (Å²) in [5.41, 5.74) is 3.10. The number of amides is 1. The third kappa shape index (κ3) is 3.67. The zero-order chi connectivity index (χ0) is 18.0. The molecule has 2 heterocycles. The Kier molecular flexibility index (Phi) is 5.06. The van der Waals surface area contributed by atoms with Crippen LogP contribution >= 0.6 is 0 Å². The molecular weight excluding hydrogens is 316 g/mol. The lowest BCUT2D eigenvalue weighted by Crippen LogP contribution is -2.30. The summed E-state index contributed by atoms with van der Waals surface area (Å²) in [6.07, 6.45) is 8.43. The van der Waals surface area contributed by atoms with Gasteiger partial charge < -0.3 is 10.3 Å². The van der Waals surface area contributed by atoms with E-state index in [0.29, 0.717) is 24.3 Å². The Labute approximate surface area is 147 Å². The lowest BCUT2D eigenvalue weighted by molar-refractivity contribution is -0.121. The topological polar surface area (TPSA) is 79.8 Å². The van der Waals surface area contributed by atoms with Crippen LogP contribution in [0.2, 0.25) is 0 Å². The Bertz CT molecular complexity index is 876. The van der Waals surface area contributed by atoms with Crippen molar-refractivity contribution >= 4 is 16.9 Å². The molecule has 1 amide bonds. The summed E-state index contributed by atoms with van der Waals surface area (Å²) in [6, 6.07) is 0. The SMILES string of the molecule is Cc1nn(C)c2[nH]c(=O)c(CCC(=O)NC[C@H]3CC=CCC3)c(C)c12. The number of fused-ring (bicyclic) bond motifs is 1. The number of aromatic nitrogens is 3. The molecule has 1 aliphatic rings. The van der Waals surface area contributed by atoms with Crippen molar-refractivity contribution in [2.24, 2.45) is 13.0 Å². The van der Waals surface area contributed by atoms with E-state index in [1.807, 2.05) is 20.9 Å². The van der Waals surface area contributed by atoms with Crippen molar-refractivity contribution in [1.29, 1.82) is 0 Å². The first-order valence-corrected chi connectivity index (χ1v) is 8.94. The van der Waals surface area contributed by atoms with Crippen molar-refractivity contribution in [3.63, 3.8) is 0 Å². The fraction of sp³-hybridized carbons (Fsp3) is 0.526. The Morgan fingerprint density at radius 2 is 2.20 bits per heavy atom. The molecule has 0 aromatic carbocycles. The van der Waals surface area contributed by atoms with Crippen molar-refractivity contribution in [2.75, 3.05) is 6.54 Å². The molecule has 25 heavy (non-hydrogen) atoms. The van der Waals surface area contributed by atoms with E-state index in [4.69, 9.17) is 0 Å². The van der Waals surface area contributed by atoms with E-state index in [0.717, 1.165) is 48.1 Å². The normalized spacial score (nSPS) is 17.2. The van der Waals surface area contributed by atoms with Gasteiger partial charge in [-0.15, -0.1) is 0 Å². The lowest BCUT2D eigenvalue weighted by atomic mass is 9.94. The maximum Gasteiger partial charge on any atom is 0.253 e. The number of pyridine rings is 1. The van der Waals surface area contributed by atoms with Gasteiger partial charge in [-0.2, -0.15) is 5.10 Å². The number of allylic oxidation sites excluding steroid dienone is 2. The highest BCUT2D eigenvalue weighted by Crippen LogP contribution is 2.21. The van der Waals surface area contributed by atoms with Gasteiger partial charge in [-0.1, -0.05) is 12.2 Å². The largest absolute Gasteiger partial charge is 0.356 e. The van der Waals surface area contributed by atoms with Crippen molar-refractivity contribution in [3.8, 4) is 0 Å². The minimum Gasteiger partial charge on any atom is -0.356 e. The van der Waals surface area contributed by atoms with Gasteiger partial charge in [0.05, 0.1) is 5.69 Å². The van der Waals surface area contributed by atoms with Crippen LogP contribution in [-0.2, 0) is 18.3 Å². The van der Waals surface area contributed by atoms with Gasteiger partial charge in [0.25, 0.3) is 5.56 Å². The summed E-state index contributed by atoms with van der Waals surface area (Å²) in [6.45, 7) is 4.59. The lowest BCUT2D eigenvalue weighted by Gasteiger charge is -2.18. The first-order chi connectivity index (χ1) is 12.0. The molecular formula is C19H26N4O2. The number of hydrogen-bond acceptors (Lipinski definition) is 3. The number of hydrogen-bond donors (Lipinski definition) is 2. The molecule has 134 valence electrons. The van der Waals surface area contributed by atoms with Crippen LogP contribution < -0.4 is 10.9 Å². The van der Waals surface area contributed by atoms with Gasteiger partial charge in [0.2, 0.25) is 5.91 Å². The van der Waals surface area contributed by atoms with Crippen LogP contribution in [-0.4, -0.2) is 27.2 Å². The summed E-state index contributed by atoms with van der Waals surface area (Å²) >= 11 is 0. The van der Waals surface area contributed by atoms with E-state index < -0.39 is 0 Å². The molecule has 2 N–H and O–H groups in total. The van der Waals surface area contributed by atoms with E-state index in [1.165, 1.54) is 0 Å². The van der Waals surface area contributed by atoms with Crippen molar-refractivity contribution in [1.82, 2.24) is 20.1 Å². The van der Waals surface area contributed by atoms with Gasteiger partial charge in [0.1, 0.15) is 5.65 Å². The summed E-state index contributed by atoms with van der Waals surface area (Å²) < 4.78 is 1.69. The van der Waals surface area contributed by atoms with E-state index in [9.17, 15) is 9.59 Å². The minimum absolute atomic E-state index is 0.0105. The molecule has 1 atom stereocenters. The molecule has 0 radical (unpaired) electrons. The number of nitrogens with one attached hydrogen (secondary N) is 2. The van der Waals surface area contributed by atoms with Crippen molar-refractivity contribution in [2.45, 2.75) is 46.0 Å². The summed E-state index contributed by atoms with van der Waals surface area (Å²) in [5.74, 6) is 0.546. The molecule has 0 saturated heterocycles. The molecule has 6 heteroatoms. The monoisotopic (exact) mass is 342 g/mol. The van der Waals surface area contributed by atoms with Crippen LogP contribution in [0.3, 0.4) is 0 Å². The average Bonchev–Trinajstić information content (AvgIpc) is 2.87. The highest BCUT2D eigenvalue weighted by Gasteiger charge is 2.16. The average molecular weight is 342 g/mol. The highest BCUT2D eigenvalue weighted by molar-refractivity contribution is 5.83. The first-order valence-electron chi connectivity index (χ1n) is 8.94. The number of aryl methyl sites for hydroxylation is 3. The van der Waals surface area contributed by atoms with E-state index >= 15 is 0 Å². The summed E-state index contributed by atoms with van der Waals surface area (Å²) in [5, 5.41) is 8.36. The van der Waals surface area contributed by atoms with Crippen LogP contribution in [0.15, 0.2) is 16.9 Å². The maximum absolute atomic E-state index is 12.4. The van der Waals surface area contributed by atoms with E-state index in [2.05, 4.69) is 27.6 Å². The molecule has 0 fully saturated rings. The van der Waals surface area contributed by atoms with Crippen molar-refractivity contribution in [3.05, 3.63) is 39.3 Å². The van der Waals surface area contributed by atoms with Crippen LogP contribution in [0.5, 0.6) is 0 Å². The van der Waals surface area contributed by atoms with Gasteiger partial charge in [0.15, 0.2) is 0 Å². The second-order valence-electron chi connectivity index (χ2n) is 6.94. The van der Waals surface area contributed by atoms with Gasteiger partial charge in [0, 0.05) is 31.0 Å². The molecule has 2 aromatic rings. The fourth-order valence-corrected chi connectivity index (χ4v) is 3.68. The third-order valence-corrected chi connectivity index (χ3v) is 5.12. The molecule has 0 spiro atoms. The first kappa shape index (κ1) is 17.5. The third-order valence-electron chi connectivity index (χ3n) is 5.12. The fourth-order valence-electron chi connectivity index (χ4n) is 3.68. The van der Waals surface area contributed by atoms with Gasteiger partial charge in [-0.25, -0.2) is 0 Å². The number of aromatic amines is 1. The van der Waals surface area contributed by atoms with E-state index in [-0.39, 0.29) is 11.5 Å². The zero-order valence-corrected chi connectivity index (χ0v) is 15.2. The Morgan fingerprint density at radius 1 is 1.40 bits per heavy atom. The molecule has 6 nitrogen and oxygen atoms in total. The summed E-state index contributed by atoms with van der Waals surface area (Å²) in [4.78, 5) is 27.5. The summed E-state index contributed by atoms with van der Waals surface area (Å²) in [7, 11) is 1.82. The van der Waals surface area contributed by atoms with Gasteiger partial charge >= 0.3 is 0 Å². The molecule has 0 aliphatic heterocycles. The number of nitrogens with zero attached hydrogens (tertiary/aromatic N) is 2. The Morgan fingerprint density at radius 3 is 2.92 bits per heavy atom. The number of rotatable bonds is 5. The molecule has 3 rings (SSSR count). The molecule has 2 aromatic heterocycles. The smallest absolute Gasteiger partial charge is 0.253 e. The second kappa shape index (κ2) is 7.25. The molecule has 1 aliphatic carbocycles. The minimum atomic E-state index is -0.127. The zero-order valence-electron chi connectivity index (χ0n) is 15.2. The van der Waals surface area contributed by atoms with Crippen molar-refractivity contribution < 1.29 is 4.79 Å². The number of carbonyl (C=O) groups is 1. The van der Waals surface area contributed by atoms with Crippen LogP contribution in [0.25, 0.3) is 11.0 Å². The number of carbonyl (C=O) groups excluding carboxylic acids is 1. The number of H-pyrrole nitrogens is 1. The Hall–Kier alpha value is -2.37. The standard InChI is InChI=1S/C19H26N4O2/c1-12-15(19(25)21-18-17(12)13(2)22-23(18)3)9-10-16(24)20-11-14-7-5-4-6-8-14/h4-5,14H,6-11H2,1-3H3,(H,20,24)(H,21,25)/t14-/m0/s1. The molecule has 0 bridgehead atoms. The predicted molar refractivity (Wildman–Crippen MR) is 98.6 cm³/mol. The van der Waals surface area contributed by atoms with E-state index in [1.54, 1.807) is 4.68 Å². The van der Waals surface area contributed by atoms with Crippen LogP contribution in [0.4, 0.5) is 0 Å². The Balaban J connectivity index is 1.66. The highest BCUT2D eigenvalue weighted by atomic mass is 16.1. The van der Waals surface area contributed by atoms with Gasteiger partial charge in [-0.3, -0.25) is 14.3 Å². The molecule has 0 saturated carbocycles. The second-order valence-corrected chi connectivity index (χ2v) is 6.94. The molecule has 0 unspecified atom stereocenters. The maximum atomic E-state index is 12.4. The quantitative estimate of drug-likeness (QED) is 0.818. The van der Waals surface area contributed by atoms with Gasteiger partial charge in [-0.05, 0) is 51.0 Å². The van der Waals surface area contributed by atoms with Crippen LogP contribution in [0, 0.1) is 19.8 Å². The predicted octanol–water partition coefficient (Wildman–Crippen LogP) is 2.28.